The number of carbonyl (C=O) groups is 1. The lowest BCUT2D eigenvalue weighted by molar-refractivity contribution is 0.0766. The summed E-state index contributed by atoms with van der Waals surface area (Å²) in [5.41, 5.74) is 11.6. The van der Waals surface area contributed by atoms with Gasteiger partial charge in [-0.05, 0) is 42.0 Å². The van der Waals surface area contributed by atoms with Gasteiger partial charge in [0.1, 0.15) is 0 Å². The summed E-state index contributed by atoms with van der Waals surface area (Å²) in [6.45, 7) is 0.997. The van der Waals surface area contributed by atoms with Crippen LogP contribution in [0.1, 0.15) is 54.6 Å². The van der Waals surface area contributed by atoms with Gasteiger partial charge >= 0.3 is 0 Å². The highest BCUT2D eigenvalue weighted by molar-refractivity contribution is 6.07. The molecule has 2 aromatic heterocycles. The van der Waals surface area contributed by atoms with Crippen LogP contribution < -0.4 is 5.73 Å². The van der Waals surface area contributed by atoms with Gasteiger partial charge in [-0.1, -0.05) is 50.2 Å². The summed E-state index contributed by atoms with van der Waals surface area (Å²) in [5.74, 6) is 0.250. The summed E-state index contributed by atoms with van der Waals surface area (Å²) in [7, 11) is 0. The zero-order chi connectivity index (χ0) is 23.3. The Morgan fingerprint density at radius 2 is 1.83 bits per heavy atom. The van der Waals surface area contributed by atoms with Crippen molar-refractivity contribution in [2.75, 3.05) is 18.8 Å². The Morgan fingerprint density at radius 1 is 1.09 bits per heavy atom. The van der Waals surface area contributed by atoms with Crippen LogP contribution in [0.4, 0.5) is 5.95 Å². The monoisotopic (exact) mass is 469 g/mol. The number of nitrogen functional groups attached to an aromatic ring is 1. The Balaban J connectivity index is 0.00000253. The van der Waals surface area contributed by atoms with Crippen LogP contribution in [0, 0.1) is 0 Å². The van der Waals surface area contributed by atoms with E-state index < -0.39 is 6.10 Å². The van der Waals surface area contributed by atoms with Crippen molar-refractivity contribution in [3.05, 3.63) is 77.7 Å². The van der Waals surface area contributed by atoms with E-state index in [1.54, 1.807) is 17.3 Å². The molecule has 0 radical (unpaired) electrons. The zero-order valence-electron chi connectivity index (χ0n) is 18.9. The summed E-state index contributed by atoms with van der Waals surface area (Å²) in [5, 5.41) is 11.0. The van der Waals surface area contributed by atoms with Crippen LogP contribution in [0.15, 0.2) is 61.1 Å². The number of hydrogen-bond acceptors (Lipinski definition) is 5. The van der Waals surface area contributed by atoms with Crippen molar-refractivity contribution in [2.24, 2.45) is 0 Å². The third kappa shape index (κ3) is 3.76. The first-order chi connectivity index (χ1) is 16.5. The van der Waals surface area contributed by atoms with Gasteiger partial charge in [0.05, 0.1) is 17.2 Å². The number of β-amino-alcohol motifs (C(OH)–C–C–N with tert-alkyl or cyclic N) is 1. The average molecular weight is 470 g/mol. The number of likely N-dealkylation sites (tertiary alicyclic amines) is 1. The van der Waals surface area contributed by atoms with Gasteiger partial charge in [0.15, 0.2) is 0 Å². The van der Waals surface area contributed by atoms with E-state index in [1.165, 1.54) is 17.5 Å². The van der Waals surface area contributed by atoms with Crippen molar-refractivity contribution >= 4 is 22.8 Å². The number of H-pyrrole nitrogens is 1. The van der Waals surface area contributed by atoms with Gasteiger partial charge in [-0.2, -0.15) is 0 Å². The van der Waals surface area contributed by atoms with E-state index in [0.717, 1.165) is 34.9 Å². The number of aromatic amines is 1. The van der Waals surface area contributed by atoms with Gasteiger partial charge in [-0.25, -0.2) is 9.97 Å². The minimum Gasteiger partial charge on any atom is -0.391 e. The molecule has 1 saturated carbocycles. The van der Waals surface area contributed by atoms with Crippen LogP contribution in [-0.4, -0.2) is 50.1 Å². The predicted octanol–water partition coefficient (Wildman–Crippen LogP) is 4.52. The summed E-state index contributed by atoms with van der Waals surface area (Å²) in [6, 6.07) is 14.6. The van der Waals surface area contributed by atoms with Crippen molar-refractivity contribution in [2.45, 2.75) is 44.6 Å². The van der Waals surface area contributed by atoms with Gasteiger partial charge in [-0.15, -0.1) is 0 Å². The minimum atomic E-state index is -0.427. The normalized spacial score (nSPS) is 18.8. The van der Waals surface area contributed by atoms with Gasteiger partial charge in [0.2, 0.25) is 5.95 Å². The smallest absolute Gasteiger partial charge is 0.256 e. The molecular formula is C28H31N5O2. The van der Waals surface area contributed by atoms with E-state index in [0.29, 0.717) is 25.1 Å². The molecule has 35 heavy (non-hydrogen) atoms. The lowest BCUT2D eigenvalue weighted by Crippen LogP contribution is -2.35. The number of aromatic nitrogens is 3. The van der Waals surface area contributed by atoms with Crippen molar-refractivity contribution in [3.8, 4) is 11.1 Å². The molecule has 2 fully saturated rings. The fourth-order valence-electron chi connectivity index (χ4n) is 5.54. The van der Waals surface area contributed by atoms with Crippen LogP contribution in [0.25, 0.3) is 22.0 Å². The van der Waals surface area contributed by atoms with E-state index >= 15 is 0 Å². The highest BCUT2D eigenvalue weighted by Gasteiger charge is 2.42. The first-order valence-corrected chi connectivity index (χ1v) is 11.8. The summed E-state index contributed by atoms with van der Waals surface area (Å²) < 4.78 is 0. The lowest BCUT2D eigenvalue weighted by atomic mass is 9.60. The molecule has 2 aromatic carbocycles. The molecule has 1 aliphatic carbocycles. The Morgan fingerprint density at radius 3 is 2.46 bits per heavy atom. The number of nitrogens with two attached hydrogens (primary N) is 1. The molecule has 4 N–H and O–H groups in total. The van der Waals surface area contributed by atoms with Gasteiger partial charge < -0.3 is 20.7 Å². The fourth-order valence-corrected chi connectivity index (χ4v) is 5.54. The first-order valence-electron chi connectivity index (χ1n) is 11.8. The average Bonchev–Trinajstić information content (AvgIpc) is 3.46. The number of fused-ring (bicyclic) bond motifs is 1. The number of rotatable bonds is 4. The molecule has 1 atom stereocenters. The molecule has 180 valence electrons. The van der Waals surface area contributed by atoms with Crippen LogP contribution in [0.2, 0.25) is 0 Å². The zero-order valence-corrected chi connectivity index (χ0v) is 18.9. The Hall–Kier alpha value is -3.71. The molecule has 2 aliphatic rings. The first kappa shape index (κ1) is 23.1. The topological polar surface area (TPSA) is 108 Å². The SMILES string of the molecule is C.Nc1ncc(-c2ccc(C3(c4c[nH]c5c(C(=O)N6CCC(O)C6)cccc45)CCC3)cc2)cn1. The maximum atomic E-state index is 13.2. The molecule has 3 heterocycles. The Bertz CT molecular complexity index is 1360. The van der Waals surface area contributed by atoms with E-state index in [9.17, 15) is 9.90 Å². The molecule has 1 aliphatic heterocycles. The highest BCUT2D eigenvalue weighted by atomic mass is 16.3. The second kappa shape index (κ2) is 8.82. The van der Waals surface area contributed by atoms with E-state index in [-0.39, 0.29) is 24.7 Å². The van der Waals surface area contributed by atoms with Crippen LogP contribution in [0.5, 0.6) is 0 Å². The largest absolute Gasteiger partial charge is 0.391 e. The molecule has 6 rings (SSSR count). The van der Waals surface area contributed by atoms with Crippen LogP contribution in [0.3, 0.4) is 0 Å². The highest BCUT2D eigenvalue weighted by Crippen LogP contribution is 2.51. The fraction of sp³-hybridized carbons (Fsp3) is 0.321. The maximum Gasteiger partial charge on any atom is 0.256 e. The quantitative estimate of drug-likeness (QED) is 0.407. The minimum absolute atomic E-state index is 0. The lowest BCUT2D eigenvalue weighted by Gasteiger charge is -2.43. The molecule has 7 nitrogen and oxygen atoms in total. The molecule has 0 spiro atoms. The third-order valence-corrected chi connectivity index (χ3v) is 7.56. The predicted molar refractivity (Wildman–Crippen MR) is 138 cm³/mol. The summed E-state index contributed by atoms with van der Waals surface area (Å²) >= 11 is 0. The number of amides is 1. The van der Waals surface area contributed by atoms with Gasteiger partial charge in [0.25, 0.3) is 5.91 Å². The number of benzene rings is 2. The van der Waals surface area contributed by atoms with Crippen molar-refractivity contribution < 1.29 is 9.90 Å². The van der Waals surface area contributed by atoms with Crippen molar-refractivity contribution in [1.82, 2.24) is 19.9 Å². The molecule has 0 bridgehead atoms. The number of para-hydroxylation sites is 1. The van der Waals surface area contributed by atoms with Crippen LogP contribution >= 0.6 is 0 Å². The van der Waals surface area contributed by atoms with Crippen molar-refractivity contribution in [1.29, 1.82) is 0 Å². The van der Waals surface area contributed by atoms with E-state index in [4.69, 9.17) is 5.73 Å². The standard InChI is InChI=1S/C27H27N5O2.CH4/c28-26-30-13-18(14-31-26)17-5-7-19(8-6-17)27(10-2-11-27)23-15-29-24-21(23)3-1-4-22(24)25(34)32-12-9-20(33)16-32;/h1,3-8,13-15,20,29,33H,2,9-12,16H2,(H2,28,30,31);1H4. The third-order valence-electron chi connectivity index (χ3n) is 7.56. The van der Waals surface area contributed by atoms with Gasteiger partial charge in [-0.3, -0.25) is 4.79 Å². The second-order valence-electron chi connectivity index (χ2n) is 9.47. The molecule has 1 unspecified atom stereocenters. The maximum absolute atomic E-state index is 13.2. The van der Waals surface area contributed by atoms with E-state index in [1.807, 2.05) is 12.1 Å². The molecule has 4 aromatic rings. The van der Waals surface area contributed by atoms with Gasteiger partial charge in [0, 0.05) is 48.0 Å². The molecule has 1 amide bonds. The number of nitrogens with zero attached hydrogens (tertiary/aromatic N) is 3. The number of anilines is 1. The number of hydrogen-bond donors (Lipinski definition) is 3. The second-order valence-corrected chi connectivity index (χ2v) is 9.47. The molecule has 1 saturated heterocycles. The Labute approximate surface area is 205 Å². The number of aliphatic hydroxyl groups excluding tert-OH is 1. The molecular weight excluding hydrogens is 438 g/mol. The van der Waals surface area contributed by atoms with Crippen molar-refractivity contribution in [3.63, 3.8) is 0 Å². The van der Waals surface area contributed by atoms with Crippen LogP contribution in [-0.2, 0) is 5.41 Å². The van der Waals surface area contributed by atoms with E-state index in [2.05, 4.69) is 51.5 Å². The summed E-state index contributed by atoms with van der Waals surface area (Å²) in [6.07, 6.45) is 9.09. The number of aliphatic hydroxyl groups is 1. The summed E-state index contributed by atoms with van der Waals surface area (Å²) in [4.78, 5) is 26.6. The molecule has 7 heteroatoms. The number of nitrogens with one attached hydrogen (secondary N) is 1. The number of carbonyl (C=O) groups excluding carboxylic acids is 1. The Kier molecular flexibility index (Phi) is 5.81.